The number of aliphatic carboxylic acids is 1. The fraction of sp³-hybridized carbons (Fsp3) is 0.556. The van der Waals surface area contributed by atoms with Gasteiger partial charge in [-0.3, -0.25) is 9.59 Å². The fourth-order valence-electron chi connectivity index (χ4n) is 2.84. The van der Waals surface area contributed by atoms with Gasteiger partial charge in [-0.15, -0.1) is 0 Å². The Morgan fingerprint density at radius 1 is 1.13 bits per heavy atom. The molecule has 23 heavy (non-hydrogen) atoms. The number of halogens is 1. The zero-order valence-corrected chi connectivity index (χ0v) is 15.1. The predicted octanol–water partition coefficient (Wildman–Crippen LogP) is 4.68. The molecule has 0 saturated carbocycles. The number of amides is 1. The first kappa shape index (κ1) is 19.5. The Labute approximate surface area is 143 Å². The van der Waals surface area contributed by atoms with E-state index in [1.807, 2.05) is 26.0 Å². The van der Waals surface area contributed by atoms with E-state index in [0.29, 0.717) is 24.3 Å². The molecule has 0 bridgehead atoms. The summed E-state index contributed by atoms with van der Waals surface area (Å²) >= 11 is 6.23. The molecule has 0 aliphatic carbocycles. The molecule has 0 saturated heterocycles. The number of carbonyl (C=O) groups excluding carboxylic acids is 1. The topological polar surface area (TPSA) is 66.4 Å². The van der Waals surface area contributed by atoms with E-state index in [2.05, 4.69) is 5.32 Å². The minimum atomic E-state index is -1.01. The average molecular weight is 340 g/mol. The summed E-state index contributed by atoms with van der Waals surface area (Å²) in [5, 5.41) is 13.0. The molecule has 0 heterocycles. The Balaban J connectivity index is 3.10. The number of nitrogens with one attached hydrogen (secondary N) is 1. The van der Waals surface area contributed by atoms with Crippen LogP contribution in [0.1, 0.15) is 58.1 Å². The van der Waals surface area contributed by atoms with Gasteiger partial charge >= 0.3 is 5.97 Å². The van der Waals surface area contributed by atoms with Gasteiger partial charge in [-0.1, -0.05) is 45.4 Å². The number of rotatable bonds is 8. The van der Waals surface area contributed by atoms with Crippen molar-refractivity contribution >= 4 is 29.2 Å². The van der Waals surface area contributed by atoms with Crippen molar-refractivity contribution < 1.29 is 14.7 Å². The maximum Gasteiger partial charge on any atom is 0.310 e. The molecular formula is C18H26ClNO3. The van der Waals surface area contributed by atoms with Crippen molar-refractivity contribution in [3.8, 4) is 0 Å². The van der Waals surface area contributed by atoms with Gasteiger partial charge in [0.1, 0.15) is 0 Å². The van der Waals surface area contributed by atoms with Crippen LogP contribution in [0.4, 0.5) is 5.69 Å². The zero-order chi connectivity index (χ0) is 17.6. The quantitative estimate of drug-likeness (QED) is 0.722. The van der Waals surface area contributed by atoms with E-state index < -0.39 is 11.4 Å². The lowest BCUT2D eigenvalue weighted by Crippen LogP contribution is -2.34. The summed E-state index contributed by atoms with van der Waals surface area (Å²) in [7, 11) is 0. The standard InChI is InChI=1S/C18H26ClNO3/c1-5-12-9-10-14(19)13(6-2)16(12)20-15(21)11-18(7-3,8-4)17(22)23/h9-10H,5-8,11H2,1-4H3,(H,20,21)(H,22,23). The van der Waals surface area contributed by atoms with Crippen LogP contribution in [0.3, 0.4) is 0 Å². The monoisotopic (exact) mass is 339 g/mol. The summed E-state index contributed by atoms with van der Waals surface area (Å²) in [6.45, 7) is 7.60. The molecule has 0 aliphatic heterocycles. The smallest absolute Gasteiger partial charge is 0.310 e. The average Bonchev–Trinajstić information content (AvgIpc) is 2.53. The van der Waals surface area contributed by atoms with Crippen LogP contribution in [0, 0.1) is 5.41 Å². The van der Waals surface area contributed by atoms with Gasteiger partial charge in [0.25, 0.3) is 0 Å². The second-order valence-corrected chi connectivity index (χ2v) is 6.19. The van der Waals surface area contributed by atoms with Gasteiger partial charge < -0.3 is 10.4 Å². The van der Waals surface area contributed by atoms with Crippen molar-refractivity contribution in [1.29, 1.82) is 0 Å². The highest BCUT2D eigenvalue weighted by Crippen LogP contribution is 2.33. The Kier molecular flexibility index (Phi) is 7.07. The third kappa shape index (κ3) is 4.25. The predicted molar refractivity (Wildman–Crippen MR) is 94.1 cm³/mol. The van der Waals surface area contributed by atoms with Crippen LogP contribution in [0.25, 0.3) is 0 Å². The highest BCUT2D eigenvalue weighted by molar-refractivity contribution is 6.32. The molecule has 0 fully saturated rings. The number of carboxylic acids is 1. The van der Waals surface area contributed by atoms with Gasteiger partial charge in [0.15, 0.2) is 0 Å². The van der Waals surface area contributed by atoms with Crippen molar-refractivity contribution in [3.63, 3.8) is 0 Å². The van der Waals surface area contributed by atoms with E-state index in [4.69, 9.17) is 11.6 Å². The van der Waals surface area contributed by atoms with Gasteiger partial charge in [-0.25, -0.2) is 0 Å². The van der Waals surface area contributed by atoms with Gasteiger partial charge in [-0.05, 0) is 42.9 Å². The Hall–Kier alpha value is -1.55. The number of hydrogen-bond donors (Lipinski definition) is 2. The minimum Gasteiger partial charge on any atom is -0.481 e. The van der Waals surface area contributed by atoms with Gasteiger partial charge in [0.05, 0.1) is 5.41 Å². The lowest BCUT2D eigenvalue weighted by molar-refractivity contribution is -0.151. The summed E-state index contributed by atoms with van der Waals surface area (Å²) in [5.41, 5.74) is 1.63. The van der Waals surface area contributed by atoms with Gasteiger partial charge in [0, 0.05) is 17.1 Å². The Morgan fingerprint density at radius 2 is 1.74 bits per heavy atom. The SMILES string of the molecule is CCc1ccc(Cl)c(CC)c1NC(=O)CC(CC)(CC)C(=O)O. The van der Waals surface area contributed by atoms with Gasteiger partial charge in [0.2, 0.25) is 5.91 Å². The van der Waals surface area contributed by atoms with E-state index in [0.717, 1.165) is 23.2 Å². The molecule has 2 N–H and O–H groups in total. The highest BCUT2D eigenvalue weighted by Gasteiger charge is 2.37. The molecule has 0 spiro atoms. The molecule has 1 aromatic carbocycles. The molecule has 0 radical (unpaired) electrons. The minimum absolute atomic E-state index is 0.0336. The number of carbonyl (C=O) groups is 2. The van der Waals surface area contributed by atoms with E-state index in [9.17, 15) is 14.7 Å². The van der Waals surface area contributed by atoms with Gasteiger partial charge in [-0.2, -0.15) is 0 Å². The lowest BCUT2D eigenvalue weighted by atomic mass is 9.79. The molecule has 0 atom stereocenters. The third-order valence-electron chi connectivity index (χ3n) is 4.65. The number of hydrogen-bond acceptors (Lipinski definition) is 2. The summed E-state index contributed by atoms with van der Waals surface area (Å²) < 4.78 is 0. The van der Waals surface area contributed by atoms with Crippen LogP contribution < -0.4 is 5.32 Å². The van der Waals surface area contributed by atoms with Crippen molar-refractivity contribution in [2.24, 2.45) is 5.41 Å². The van der Waals surface area contributed by atoms with Crippen molar-refractivity contribution in [2.75, 3.05) is 5.32 Å². The molecule has 4 nitrogen and oxygen atoms in total. The molecule has 1 amide bonds. The normalized spacial score (nSPS) is 11.3. The second-order valence-electron chi connectivity index (χ2n) is 5.78. The molecule has 1 aromatic rings. The summed E-state index contributed by atoms with van der Waals surface area (Å²) in [6.07, 6.45) is 2.28. The van der Waals surface area contributed by atoms with Crippen molar-refractivity contribution in [2.45, 2.75) is 59.8 Å². The molecule has 0 unspecified atom stereocenters. The number of benzene rings is 1. The van der Waals surface area contributed by atoms with Crippen LogP contribution in [0.2, 0.25) is 5.02 Å². The van der Waals surface area contributed by atoms with Crippen LogP contribution >= 0.6 is 11.6 Å². The summed E-state index contributed by atoms with van der Waals surface area (Å²) in [4.78, 5) is 24.1. The first-order valence-electron chi connectivity index (χ1n) is 8.18. The van der Waals surface area contributed by atoms with E-state index in [-0.39, 0.29) is 12.3 Å². The summed E-state index contributed by atoms with van der Waals surface area (Å²) in [6, 6.07) is 3.75. The molecule has 1 rings (SSSR count). The highest BCUT2D eigenvalue weighted by atomic mass is 35.5. The Morgan fingerprint density at radius 3 is 2.17 bits per heavy atom. The third-order valence-corrected chi connectivity index (χ3v) is 5.00. The maximum absolute atomic E-state index is 12.5. The van der Waals surface area contributed by atoms with Crippen LogP contribution in [0.5, 0.6) is 0 Å². The fourth-order valence-corrected chi connectivity index (χ4v) is 3.13. The summed E-state index contributed by atoms with van der Waals surface area (Å²) in [5.74, 6) is -1.20. The molecular weight excluding hydrogens is 314 g/mol. The Bertz CT molecular complexity index is 580. The van der Waals surface area contributed by atoms with Crippen LogP contribution in [-0.4, -0.2) is 17.0 Å². The molecule has 5 heteroatoms. The number of aryl methyl sites for hydroxylation is 1. The van der Waals surface area contributed by atoms with E-state index in [1.54, 1.807) is 13.8 Å². The number of carboxylic acid groups (broad SMARTS) is 1. The van der Waals surface area contributed by atoms with Crippen molar-refractivity contribution in [3.05, 3.63) is 28.3 Å². The second kappa shape index (κ2) is 8.34. The maximum atomic E-state index is 12.5. The first-order chi connectivity index (χ1) is 10.8. The van der Waals surface area contributed by atoms with E-state index >= 15 is 0 Å². The van der Waals surface area contributed by atoms with Crippen molar-refractivity contribution in [1.82, 2.24) is 0 Å². The largest absolute Gasteiger partial charge is 0.481 e. The van der Waals surface area contributed by atoms with Crippen LogP contribution in [0.15, 0.2) is 12.1 Å². The molecule has 0 aromatic heterocycles. The molecule has 0 aliphatic rings. The molecule has 128 valence electrons. The zero-order valence-electron chi connectivity index (χ0n) is 14.3. The first-order valence-corrected chi connectivity index (χ1v) is 8.56. The lowest BCUT2D eigenvalue weighted by Gasteiger charge is -2.26. The van der Waals surface area contributed by atoms with Crippen LogP contribution in [-0.2, 0) is 22.4 Å². The number of anilines is 1. The van der Waals surface area contributed by atoms with E-state index in [1.165, 1.54) is 0 Å².